The molecule has 0 fully saturated rings. The van der Waals surface area contributed by atoms with Crippen LogP contribution < -0.4 is 10.1 Å². The van der Waals surface area contributed by atoms with Crippen molar-refractivity contribution in [3.05, 3.63) is 23.8 Å². The minimum absolute atomic E-state index is 0.0302. The van der Waals surface area contributed by atoms with Gasteiger partial charge in [0.2, 0.25) is 5.91 Å². The number of rotatable bonds is 6. The Hall–Kier alpha value is -1.77. The Morgan fingerprint density at radius 1 is 1.55 bits per heavy atom. The highest BCUT2D eigenvalue weighted by Gasteiger charge is 2.15. The van der Waals surface area contributed by atoms with Crippen LogP contribution in [0.1, 0.15) is 19.4 Å². The summed E-state index contributed by atoms with van der Waals surface area (Å²) in [5.41, 5.74) is 0.692. The second-order valence-electron chi connectivity index (χ2n) is 4.56. The van der Waals surface area contributed by atoms with Gasteiger partial charge >= 0.3 is 0 Å². The summed E-state index contributed by atoms with van der Waals surface area (Å²) in [6.45, 7) is 3.48. The molecule has 0 aliphatic carbocycles. The normalized spacial score (nSPS) is 11.8. The number of carbonyl (C=O) groups is 1. The number of benzene rings is 1. The Balaban J connectivity index is 2.99. The van der Waals surface area contributed by atoms with Crippen LogP contribution in [0.5, 0.6) is 5.75 Å². The first kappa shape index (κ1) is 16.3. The smallest absolute Gasteiger partial charge is 0.227 e. The molecule has 5 nitrogen and oxygen atoms in total. The molecule has 0 saturated carbocycles. The summed E-state index contributed by atoms with van der Waals surface area (Å²) in [6, 6.07) is 6.86. The molecule has 2 N–H and O–H groups in total. The van der Waals surface area contributed by atoms with Gasteiger partial charge in [0.05, 0.1) is 17.1 Å². The standard InChI is InChI=1S/C14H17ClN2O3/c1-9(2)14(19)17-12-5-3-4-10(7-16)13(12)20-8-11(18)6-15/h3-5,9,11,18H,6,8H2,1-2H3,(H,17,19). The fraction of sp³-hybridized carbons (Fsp3) is 0.429. The molecule has 0 heterocycles. The van der Waals surface area contributed by atoms with Gasteiger partial charge < -0.3 is 15.2 Å². The van der Waals surface area contributed by atoms with Crippen molar-refractivity contribution in [2.24, 2.45) is 5.92 Å². The van der Waals surface area contributed by atoms with Gasteiger partial charge in [-0.3, -0.25) is 4.79 Å². The molecule has 0 spiro atoms. The van der Waals surface area contributed by atoms with E-state index in [1.807, 2.05) is 6.07 Å². The largest absolute Gasteiger partial charge is 0.487 e. The molecule has 6 heteroatoms. The van der Waals surface area contributed by atoms with Crippen molar-refractivity contribution >= 4 is 23.2 Å². The van der Waals surface area contributed by atoms with Gasteiger partial charge in [0.1, 0.15) is 18.8 Å². The quantitative estimate of drug-likeness (QED) is 0.788. The number of nitriles is 1. The first-order valence-electron chi connectivity index (χ1n) is 6.20. The van der Waals surface area contributed by atoms with Crippen LogP contribution in [-0.2, 0) is 4.79 Å². The van der Waals surface area contributed by atoms with Gasteiger partial charge in [-0.1, -0.05) is 19.9 Å². The van der Waals surface area contributed by atoms with Gasteiger partial charge in [0.25, 0.3) is 0 Å². The average Bonchev–Trinajstić information content (AvgIpc) is 2.44. The number of amides is 1. The predicted molar refractivity (Wildman–Crippen MR) is 76.8 cm³/mol. The van der Waals surface area contributed by atoms with E-state index >= 15 is 0 Å². The lowest BCUT2D eigenvalue weighted by atomic mass is 10.1. The SMILES string of the molecule is CC(C)C(=O)Nc1cccc(C#N)c1OCC(O)CCl. The van der Waals surface area contributed by atoms with Crippen LogP contribution in [0.4, 0.5) is 5.69 Å². The lowest BCUT2D eigenvalue weighted by Gasteiger charge is -2.16. The molecule has 0 saturated heterocycles. The van der Waals surface area contributed by atoms with Gasteiger partial charge in [-0.15, -0.1) is 11.6 Å². The molecule has 1 aromatic carbocycles. The number of aliphatic hydroxyl groups excluding tert-OH is 1. The topological polar surface area (TPSA) is 82.4 Å². The summed E-state index contributed by atoms with van der Waals surface area (Å²) >= 11 is 5.49. The van der Waals surface area contributed by atoms with Crippen molar-refractivity contribution < 1.29 is 14.6 Å². The Labute approximate surface area is 123 Å². The van der Waals surface area contributed by atoms with E-state index in [9.17, 15) is 9.90 Å². The van der Waals surface area contributed by atoms with Gasteiger partial charge in [-0.05, 0) is 12.1 Å². The molecule has 1 unspecified atom stereocenters. The molecule has 20 heavy (non-hydrogen) atoms. The van der Waals surface area contributed by atoms with E-state index in [4.69, 9.17) is 21.6 Å². The first-order chi connectivity index (χ1) is 9.49. The molecule has 0 aromatic heterocycles. The van der Waals surface area contributed by atoms with Crippen molar-refractivity contribution in [1.82, 2.24) is 0 Å². The Morgan fingerprint density at radius 3 is 2.80 bits per heavy atom. The summed E-state index contributed by atoms with van der Waals surface area (Å²) in [4.78, 5) is 11.7. The third-order valence-corrected chi connectivity index (χ3v) is 2.87. The lowest BCUT2D eigenvalue weighted by molar-refractivity contribution is -0.118. The number of nitrogens with zero attached hydrogens (tertiary/aromatic N) is 1. The number of carbonyl (C=O) groups excluding carboxylic acids is 1. The molecular formula is C14H17ClN2O3. The molecule has 0 aliphatic heterocycles. The highest BCUT2D eigenvalue weighted by molar-refractivity contribution is 6.18. The number of alkyl halides is 1. The van der Waals surface area contributed by atoms with Crippen molar-refractivity contribution in [1.29, 1.82) is 5.26 Å². The van der Waals surface area contributed by atoms with E-state index in [2.05, 4.69) is 5.32 Å². The van der Waals surface area contributed by atoms with Crippen molar-refractivity contribution in [3.8, 4) is 11.8 Å². The van der Waals surface area contributed by atoms with Crippen LogP contribution in [-0.4, -0.2) is 29.6 Å². The number of anilines is 1. The third kappa shape index (κ3) is 4.41. The Bertz CT molecular complexity index is 512. The maximum absolute atomic E-state index is 11.7. The van der Waals surface area contributed by atoms with Gasteiger partial charge in [-0.25, -0.2) is 0 Å². The molecule has 1 amide bonds. The van der Waals surface area contributed by atoms with E-state index in [1.54, 1.807) is 32.0 Å². The minimum atomic E-state index is -0.836. The summed E-state index contributed by atoms with van der Waals surface area (Å²) in [6.07, 6.45) is -0.836. The molecular weight excluding hydrogens is 280 g/mol. The van der Waals surface area contributed by atoms with Crippen LogP contribution in [0, 0.1) is 17.2 Å². The zero-order valence-corrected chi connectivity index (χ0v) is 12.1. The zero-order valence-electron chi connectivity index (χ0n) is 11.4. The molecule has 0 aliphatic rings. The molecule has 1 aromatic rings. The van der Waals surface area contributed by atoms with E-state index in [0.29, 0.717) is 5.69 Å². The number of para-hydroxylation sites is 1. The second kappa shape index (κ2) is 7.73. The Morgan fingerprint density at radius 2 is 2.25 bits per heavy atom. The third-order valence-electron chi connectivity index (χ3n) is 2.52. The monoisotopic (exact) mass is 296 g/mol. The van der Waals surface area contributed by atoms with Gasteiger partial charge in [0.15, 0.2) is 5.75 Å². The highest BCUT2D eigenvalue weighted by Crippen LogP contribution is 2.29. The molecule has 1 rings (SSSR count). The first-order valence-corrected chi connectivity index (χ1v) is 6.73. The van der Waals surface area contributed by atoms with Crippen LogP contribution in [0.3, 0.4) is 0 Å². The van der Waals surface area contributed by atoms with E-state index in [0.717, 1.165) is 0 Å². The number of hydrogen-bond acceptors (Lipinski definition) is 4. The van der Waals surface area contributed by atoms with Crippen LogP contribution in [0.2, 0.25) is 0 Å². The maximum atomic E-state index is 11.7. The highest BCUT2D eigenvalue weighted by atomic mass is 35.5. The summed E-state index contributed by atoms with van der Waals surface area (Å²) < 4.78 is 5.42. The number of hydrogen-bond donors (Lipinski definition) is 2. The molecule has 0 bridgehead atoms. The zero-order chi connectivity index (χ0) is 15.1. The molecule has 0 radical (unpaired) electrons. The number of nitrogens with one attached hydrogen (secondary N) is 1. The average molecular weight is 297 g/mol. The molecule has 1 atom stereocenters. The molecule has 108 valence electrons. The fourth-order valence-corrected chi connectivity index (χ4v) is 1.47. The van der Waals surface area contributed by atoms with Crippen molar-refractivity contribution in [3.63, 3.8) is 0 Å². The summed E-state index contributed by atoms with van der Waals surface area (Å²) in [5.74, 6) is -0.0967. The van der Waals surface area contributed by atoms with E-state index in [-0.39, 0.29) is 35.6 Å². The lowest BCUT2D eigenvalue weighted by Crippen LogP contribution is -2.21. The minimum Gasteiger partial charge on any atom is -0.487 e. The van der Waals surface area contributed by atoms with Crippen LogP contribution in [0.25, 0.3) is 0 Å². The van der Waals surface area contributed by atoms with Crippen LogP contribution >= 0.6 is 11.6 Å². The summed E-state index contributed by atoms with van der Waals surface area (Å²) in [7, 11) is 0. The predicted octanol–water partition coefficient (Wildman–Crippen LogP) is 2.13. The van der Waals surface area contributed by atoms with Crippen LogP contribution in [0.15, 0.2) is 18.2 Å². The Kier molecular flexibility index (Phi) is 6.29. The van der Waals surface area contributed by atoms with Gasteiger partial charge in [-0.2, -0.15) is 5.26 Å². The fourth-order valence-electron chi connectivity index (χ4n) is 1.38. The van der Waals surface area contributed by atoms with E-state index in [1.165, 1.54) is 0 Å². The second-order valence-corrected chi connectivity index (χ2v) is 4.87. The number of halogens is 1. The number of ether oxygens (including phenoxy) is 1. The number of aliphatic hydroxyl groups is 1. The maximum Gasteiger partial charge on any atom is 0.227 e. The van der Waals surface area contributed by atoms with Crippen molar-refractivity contribution in [2.45, 2.75) is 20.0 Å². The van der Waals surface area contributed by atoms with Crippen molar-refractivity contribution in [2.75, 3.05) is 17.8 Å². The van der Waals surface area contributed by atoms with E-state index < -0.39 is 6.10 Å². The van der Waals surface area contributed by atoms with Gasteiger partial charge in [0, 0.05) is 5.92 Å². The summed E-state index contributed by atoms with van der Waals surface area (Å²) in [5, 5.41) is 21.2.